The van der Waals surface area contributed by atoms with Gasteiger partial charge in [-0.25, -0.2) is 9.78 Å². The van der Waals surface area contributed by atoms with E-state index in [0.29, 0.717) is 35.5 Å². The molecule has 41 heavy (non-hydrogen) atoms. The third-order valence-electron chi connectivity index (χ3n) is 7.23. The summed E-state index contributed by atoms with van der Waals surface area (Å²) in [6, 6.07) is 9.35. The summed E-state index contributed by atoms with van der Waals surface area (Å²) in [7, 11) is 0. The van der Waals surface area contributed by atoms with Gasteiger partial charge in [0.2, 0.25) is 0 Å². The van der Waals surface area contributed by atoms with Gasteiger partial charge in [0.25, 0.3) is 17.2 Å². The first-order chi connectivity index (χ1) is 19.4. The topological polar surface area (TPSA) is 187 Å². The number of carboxylic acid groups (broad SMARTS) is 2. The van der Waals surface area contributed by atoms with Crippen LogP contribution in [0.1, 0.15) is 61.8 Å². The van der Waals surface area contributed by atoms with Crippen molar-refractivity contribution >= 4 is 40.1 Å². The van der Waals surface area contributed by atoms with Crippen LogP contribution in [-0.4, -0.2) is 66.5 Å². The Labute approximate surface area is 235 Å². The maximum absolute atomic E-state index is 13.6. The number of rotatable bonds is 13. The van der Waals surface area contributed by atoms with Gasteiger partial charge in [-0.15, -0.1) is 0 Å². The molecule has 0 spiro atoms. The molecule has 0 unspecified atom stereocenters. The van der Waals surface area contributed by atoms with Crippen LogP contribution in [0.4, 0.5) is 11.4 Å². The molecule has 218 valence electrons. The lowest BCUT2D eigenvalue weighted by atomic mass is 9.87. The summed E-state index contributed by atoms with van der Waals surface area (Å²) in [6.45, 7) is 7.25. The maximum atomic E-state index is 13.6. The summed E-state index contributed by atoms with van der Waals surface area (Å²) in [5.74, 6) is -2.98. The lowest BCUT2D eigenvalue weighted by Gasteiger charge is -2.39. The lowest BCUT2D eigenvalue weighted by Crippen LogP contribution is -2.57. The fourth-order valence-electron chi connectivity index (χ4n) is 5.03. The van der Waals surface area contributed by atoms with Crippen molar-refractivity contribution in [2.24, 2.45) is 0 Å². The predicted octanol–water partition coefficient (Wildman–Crippen LogP) is 3.73. The van der Waals surface area contributed by atoms with E-state index in [4.69, 9.17) is 5.11 Å². The molecule has 0 saturated carbocycles. The van der Waals surface area contributed by atoms with Crippen LogP contribution in [0.5, 0.6) is 0 Å². The molecule has 0 aliphatic rings. The van der Waals surface area contributed by atoms with Gasteiger partial charge in [-0.3, -0.25) is 24.5 Å². The van der Waals surface area contributed by atoms with Gasteiger partial charge in [-0.1, -0.05) is 13.0 Å². The number of benzene rings is 2. The highest BCUT2D eigenvalue weighted by molar-refractivity contribution is 6.01. The molecular weight excluding hydrogens is 534 g/mol. The number of likely N-dealkylation sites (N-methyl/N-ethyl adjacent to an activating group) is 1. The van der Waals surface area contributed by atoms with Crippen molar-refractivity contribution in [3.05, 3.63) is 73.8 Å². The second kappa shape index (κ2) is 12.6. The Balaban J connectivity index is 2.01. The fourth-order valence-corrected chi connectivity index (χ4v) is 5.03. The number of aryl methyl sites for hydroxylation is 1. The fraction of sp³-hybridized carbons (Fsp3) is 0.393. The van der Waals surface area contributed by atoms with E-state index in [-0.39, 0.29) is 30.5 Å². The summed E-state index contributed by atoms with van der Waals surface area (Å²) in [4.78, 5) is 70.8. The molecule has 0 aliphatic heterocycles. The highest BCUT2D eigenvalue weighted by atomic mass is 16.6. The van der Waals surface area contributed by atoms with Crippen LogP contribution in [0.25, 0.3) is 10.9 Å². The predicted molar refractivity (Wildman–Crippen MR) is 151 cm³/mol. The number of aliphatic carboxylic acids is 2. The number of aromatic amines is 1. The molecule has 3 N–H and O–H groups in total. The monoisotopic (exact) mass is 567 g/mol. The normalized spacial score (nSPS) is 12.5. The van der Waals surface area contributed by atoms with Gasteiger partial charge in [0.15, 0.2) is 0 Å². The largest absolute Gasteiger partial charge is 0.481 e. The number of nitro groups is 1. The Morgan fingerprint density at radius 2 is 1.78 bits per heavy atom. The molecule has 1 atom stereocenters. The third-order valence-corrected chi connectivity index (χ3v) is 7.23. The third kappa shape index (κ3) is 6.34. The Bertz CT molecular complexity index is 1550. The molecule has 13 heteroatoms. The van der Waals surface area contributed by atoms with E-state index in [0.717, 1.165) is 10.5 Å². The Morgan fingerprint density at radius 1 is 1.07 bits per heavy atom. The second-order valence-corrected chi connectivity index (χ2v) is 9.61. The SMILES string of the molecule is CCN(Cc1ccc2nc(C)[nH]c(=O)c2c1)c1ccc(C(=O)N(CC)[C@@](CC)(CCC(=O)O)C(=O)O)c([N+](=O)[O-])c1. The number of hydrogen-bond acceptors (Lipinski definition) is 8. The van der Waals surface area contributed by atoms with E-state index in [1.807, 2.05) is 17.9 Å². The molecule has 2 aromatic carbocycles. The Morgan fingerprint density at radius 3 is 2.34 bits per heavy atom. The minimum Gasteiger partial charge on any atom is -0.481 e. The van der Waals surface area contributed by atoms with Crippen molar-refractivity contribution in [2.75, 3.05) is 18.0 Å². The lowest BCUT2D eigenvalue weighted by molar-refractivity contribution is -0.385. The quantitative estimate of drug-likeness (QED) is 0.203. The number of aromatic nitrogens is 2. The number of nitro benzene ring substituents is 1. The number of hydrogen-bond donors (Lipinski definition) is 3. The molecular formula is C28H33N5O8. The average Bonchev–Trinajstić information content (AvgIpc) is 2.93. The molecule has 0 fully saturated rings. The van der Waals surface area contributed by atoms with Crippen molar-refractivity contribution < 1.29 is 29.5 Å². The molecule has 3 rings (SSSR count). The van der Waals surface area contributed by atoms with Crippen LogP contribution in [0, 0.1) is 17.0 Å². The number of fused-ring (bicyclic) bond motifs is 1. The van der Waals surface area contributed by atoms with Gasteiger partial charge in [0.1, 0.15) is 16.9 Å². The van der Waals surface area contributed by atoms with Gasteiger partial charge in [-0.05, 0) is 63.4 Å². The van der Waals surface area contributed by atoms with Gasteiger partial charge in [-0.2, -0.15) is 0 Å². The number of H-pyrrole nitrogens is 1. The summed E-state index contributed by atoms with van der Waals surface area (Å²) >= 11 is 0. The summed E-state index contributed by atoms with van der Waals surface area (Å²) in [5, 5.41) is 31.7. The van der Waals surface area contributed by atoms with E-state index in [1.54, 1.807) is 25.1 Å². The molecule has 13 nitrogen and oxygen atoms in total. The maximum Gasteiger partial charge on any atom is 0.329 e. The standard InChI is InChI=1S/C28H33N5O8/c1-5-28(27(38)39,13-12-24(34)35)32(7-3)26(37)20-10-9-19(15-23(20)33(40)41)31(6-2)16-18-8-11-22-21(14-18)25(36)30-17(4)29-22/h8-11,14-15H,5-7,12-13,16H2,1-4H3,(H,34,35)(H,38,39)(H,29,30,36)/t28-/m0/s1. The van der Waals surface area contributed by atoms with E-state index in [9.17, 15) is 34.4 Å². The number of carbonyl (C=O) groups excluding carboxylic acids is 1. The molecule has 3 aromatic rings. The summed E-state index contributed by atoms with van der Waals surface area (Å²) in [6.07, 6.45) is -0.936. The smallest absolute Gasteiger partial charge is 0.329 e. The molecule has 1 aromatic heterocycles. The van der Waals surface area contributed by atoms with Crippen molar-refractivity contribution in [1.29, 1.82) is 0 Å². The minimum absolute atomic E-state index is 0.0889. The minimum atomic E-state index is -1.85. The molecule has 0 radical (unpaired) electrons. The zero-order valence-corrected chi connectivity index (χ0v) is 23.3. The molecule has 0 aliphatic carbocycles. The van der Waals surface area contributed by atoms with Crippen molar-refractivity contribution in [3.63, 3.8) is 0 Å². The Hall–Kier alpha value is -4.81. The highest BCUT2D eigenvalue weighted by Crippen LogP contribution is 2.33. The zero-order valence-electron chi connectivity index (χ0n) is 23.3. The van der Waals surface area contributed by atoms with Gasteiger partial charge >= 0.3 is 11.9 Å². The number of nitrogens with one attached hydrogen (secondary N) is 1. The molecule has 1 heterocycles. The van der Waals surface area contributed by atoms with E-state index >= 15 is 0 Å². The number of carboxylic acids is 2. The van der Waals surface area contributed by atoms with E-state index in [1.165, 1.54) is 26.0 Å². The van der Waals surface area contributed by atoms with Gasteiger partial charge in [0, 0.05) is 37.8 Å². The van der Waals surface area contributed by atoms with E-state index < -0.39 is 40.4 Å². The average molecular weight is 568 g/mol. The first-order valence-electron chi connectivity index (χ1n) is 13.2. The van der Waals surface area contributed by atoms with Crippen molar-refractivity contribution in [2.45, 2.75) is 59.0 Å². The summed E-state index contributed by atoms with van der Waals surface area (Å²) in [5.41, 5.74) is -1.18. The first kappa shape index (κ1) is 30.7. The van der Waals surface area contributed by atoms with Crippen LogP contribution in [0.3, 0.4) is 0 Å². The van der Waals surface area contributed by atoms with Crippen molar-refractivity contribution in [3.8, 4) is 0 Å². The van der Waals surface area contributed by atoms with Crippen LogP contribution >= 0.6 is 0 Å². The first-order valence-corrected chi connectivity index (χ1v) is 13.2. The van der Waals surface area contributed by atoms with Gasteiger partial charge in [0.05, 0.1) is 15.8 Å². The molecule has 0 saturated heterocycles. The van der Waals surface area contributed by atoms with Crippen LogP contribution in [-0.2, 0) is 16.1 Å². The number of amides is 1. The van der Waals surface area contributed by atoms with Crippen LogP contribution in [0.15, 0.2) is 41.2 Å². The van der Waals surface area contributed by atoms with Crippen molar-refractivity contribution in [1.82, 2.24) is 14.9 Å². The second-order valence-electron chi connectivity index (χ2n) is 9.61. The number of nitrogens with zero attached hydrogens (tertiary/aromatic N) is 4. The van der Waals surface area contributed by atoms with Gasteiger partial charge < -0.3 is 25.0 Å². The summed E-state index contributed by atoms with van der Waals surface area (Å²) < 4.78 is 0. The number of anilines is 1. The zero-order chi connectivity index (χ0) is 30.5. The number of carbonyl (C=O) groups is 3. The molecule has 0 bridgehead atoms. The highest BCUT2D eigenvalue weighted by Gasteiger charge is 2.46. The molecule has 1 amide bonds. The van der Waals surface area contributed by atoms with E-state index in [2.05, 4.69) is 9.97 Å². The van der Waals surface area contributed by atoms with Crippen LogP contribution < -0.4 is 10.5 Å². The Kier molecular flexibility index (Phi) is 9.43. The van der Waals surface area contributed by atoms with Crippen LogP contribution in [0.2, 0.25) is 0 Å².